The standard InChI is InChI=1S/C32H48O7/c1-19-26(7-5-6-16-37-20(2)33)39-27-18-25-23-9-8-21-17-22(38-29(36)11-10-28(34)35)12-14-31(21,3)24(23)13-15-32(25,4)30(19)27/h21-25,27,30H,5-18H2,1-4H3,(H,34,35)/t21-,22-,23-,24+,25-,27-,30-,31-,32-/m0/s1. The number of unbranched alkanes of at least 4 members (excludes halogenated alkanes) is 1. The van der Waals surface area contributed by atoms with Crippen LogP contribution < -0.4 is 0 Å². The van der Waals surface area contributed by atoms with E-state index < -0.39 is 5.97 Å². The molecule has 4 fully saturated rings. The van der Waals surface area contributed by atoms with Crippen molar-refractivity contribution in [2.75, 3.05) is 6.61 Å². The minimum atomic E-state index is -0.953. The van der Waals surface area contributed by atoms with Crippen LogP contribution in [-0.4, -0.2) is 41.8 Å². The van der Waals surface area contributed by atoms with E-state index in [-0.39, 0.29) is 30.9 Å². The van der Waals surface area contributed by atoms with Crippen molar-refractivity contribution in [1.82, 2.24) is 0 Å². The van der Waals surface area contributed by atoms with Gasteiger partial charge in [-0.05, 0) is 111 Å². The van der Waals surface area contributed by atoms with Crippen LogP contribution in [0.1, 0.15) is 111 Å². The van der Waals surface area contributed by atoms with Gasteiger partial charge in [-0.1, -0.05) is 13.8 Å². The maximum absolute atomic E-state index is 12.2. The lowest BCUT2D eigenvalue weighted by atomic mass is 9.44. The molecule has 0 spiro atoms. The van der Waals surface area contributed by atoms with Crippen LogP contribution in [0, 0.1) is 40.4 Å². The molecule has 0 aromatic heterocycles. The third-order valence-corrected chi connectivity index (χ3v) is 11.8. The number of rotatable bonds is 9. The lowest BCUT2D eigenvalue weighted by Crippen LogP contribution is -2.54. The zero-order valence-corrected chi connectivity index (χ0v) is 24.3. The normalized spacial score (nSPS) is 40.6. The van der Waals surface area contributed by atoms with Crippen LogP contribution in [-0.2, 0) is 28.6 Å². The summed E-state index contributed by atoms with van der Waals surface area (Å²) in [4.78, 5) is 34.0. The van der Waals surface area contributed by atoms with Gasteiger partial charge in [0.1, 0.15) is 12.2 Å². The lowest BCUT2D eigenvalue weighted by Gasteiger charge is -2.61. The molecule has 7 nitrogen and oxygen atoms in total. The quantitative estimate of drug-likeness (QED) is 0.263. The molecule has 0 aromatic carbocycles. The van der Waals surface area contributed by atoms with Gasteiger partial charge < -0.3 is 19.3 Å². The van der Waals surface area contributed by atoms with Crippen molar-refractivity contribution in [1.29, 1.82) is 0 Å². The summed E-state index contributed by atoms with van der Waals surface area (Å²) in [5, 5.41) is 8.87. The number of carbonyl (C=O) groups excluding carboxylic acids is 2. The van der Waals surface area contributed by atoms with E-state index in [9.17, 15) is 14.4 Å². The third kappa shape index (κ3) is 5.36. The molecule has 5 rings (SSSR count). The van der Waals surface area contributed by atoms with Crippen molar-refractivity contribution in [2.24, 2.45) is 40.4 Å². The highest BCUT2D eigenvalue weighted by atomic mass is 16.5. The first-order valence-electron chi connectivity index (χ1n) is 15.4. The number of carboxylic acids is 1. The van der Waals surface area contributed by atoms with E-state index in [0.717, 1.165) is 50.4 Å². The Morgan fingerprint density at radius 1 is 0.974 bits per heavy atom. The van der Waals surface area contributed by atoms with E-state index in [4.69, 9.17) is 19.3 Å². The molecule has 0 bridgehead atoms. The summed E-state index contributed by atoms with van der Waals surface area (Å²) in [6.07, 6.45) is 12.0. The van der Waals surface area contributed by atoms with Crippen LogP contribution in [0.25, 0.3) is 0 Å². The minimum Gasteiger partial charge on any atom is -0.494 e. The van der Waals surface area contributed by atoms with Crippen LogP contribution in [0.3, 0.4) is 0 Å². The van der Waals surface area contributed by atoms with Crippen molar-refractivity contribution in [3.63, 3.8) is 0 Å². The van der Waals surface area contributed by atoms with Crippen molar-refractivity contribution in [3.8, 4) is 0 Å². The summed E-state index contributed by atoms with van der Waals surface area (Å²) in [6.45, 7) is 9.33. The average molecular weight is 545 g/mol. The molecule has 1 heterocycles. The monoisotopic (exact) mass is 544 g/mol. The first-order valence-corrected chi connectivity index (χ1v) is 15.4. The molecular weight excluding hydrogens is 496 g/mol. The second-order valence-corrected chi connectivity index (χ2v) is 13.8. The molecule has 1 N–H and O–H groups in total. The molecule has 7 heteroatoms. The Kier molecular flexibility index (Phi) is 8.09. The van der Waals surface area contributed by atoms with E-state index in [1.54, 1.807) is 0 Å². The lowest BCUT2D eigenvalue weighted by molar-refractivity contribution is -0.163. The number of allylic oxidation sites excluding steroid dienone is 1. The molecule has 39 heavy (non-hydrogen) atoms. The molecular formula is C32H48O7. The fraction of sp³-hybridized carbons (Fsp3) is 0.844. The summed E-state index contributed by atoms with van der Waals surface area (Å²) in [7, 11) is 0. The number of ether oxygens (including phenoxy) is 3. The zero-order valence-electron chi connectivity index (χ0n) is 24.3. The predicted octanol–water partition coefficient (Wildman–Crippen LogP) is 6.44. The van der Waals surface area contributed by atoms with E-state index in [1.165, 1.54) is 50.4 Å². The van der Waals surface area contributed by atoms with E-state index >= 15 is 0 Å². The Balaban J connectivity index is 1.20. The van der Waals surface area contributed by atoms with Gasteiger partial charge in [-0.25, -0.2) is 0 Å². The van der Waals surface area contributed by atoms with Gasteiger partial charge in [-0.2, -0.15) is 0 Å². The summed E-state index contributed by atoms with van der Waals surface area (Å²) in [5.41, 5.74) is 2.07. The highest BCUT2D eigenvalue weighted by Crippen LogP contribution is 2.69. The van der Waals surface area contributed by atoms with Gasteiger partial charge in [-0.3, -0.25) is 14.4 Å². The van der Waals surface area contributed by atoms with E-state index in [1.807, 2.05) is 0 Å². The van der Waals surface area contributed by atoms with Crippen LogP contribution in [0.15, 0.2) is 11.3 Å². The van der Waals surface area contributed by atoms with Crippen LogP contribution in [0.4, 0.5) is 0 Å². The SMILES string of the molecule is CC(=O)OCCCCC1=C(C)[C@H]2[C@H](C[C@H]3[C@H]4CC[C@H]5C[C@@H](OC(=O)CCC(=O)O)CC[C@]5(C)[C@@H]4CC[C@@]32C)O1. The third-order valence-electron chi connectivity index (χ3n) is 11.8. The molecule has 0 radical (unpaired) electrons. The Morgan fingerprint density at radius 3 is 2.49 bits per heavy atom. The Hall–Kier alpha value is -2.05. The molecule has 4 saturated carbocycles. The minimum absolute atomic E-state index is 0.0347. The van der Waals surface area contributed by atoms with Gasteiger partial charge in [0, 0.05) is 19.3 Å². The second kappa shape index (κ2) is 11.1. The molecule has 218 valence electrons. The van der Waals surface area contributed by atoms with Crippen LogP contribution in [0.5, 0.6) is 0 Å². The van der Waals surface area contributed by atoms with Crippen LogP contribution in [0.2, 0.25) is 0 Å². The average Bonchev–Trinajstić information content (AvgIpc) is 3.35. The number of fused-ring (bicyclic) bond motifs is 7. The van der Waals surface area contributed by atoms with Gasteiger partial charge in [0.15, 0.2) is 0 Å². The Morgan fingerprint density at radius 2 is 1.74 bits per heavy atom. The molecule has 0 amide bonds. The number of carbonyl (C=O) groups is 3. The maximum atomic E-state index is 12.2. The number of carboxylic acid groups (broad SMARTS) is 1. The highest BCUT2D eigenvalue weighted by molar-refractivity contribution is 5.76. The second-order valence-electron chi connectivity index (χ2n) is 13.8. The fourth-order valence-electron chi connectivity index (χ4n) is 9.97. The van der Waals surface area contributed by atoms with Gasteiger partial charge in [0.2, 0.25) is 0 Å². The highest BCUT2D eigenvalue weighted by Gasteiger charge is 2.64. The van der Waals surface area contributed by atoms with Crippen LogP contribution >= 0.6 is 0 Å². The van der Waals surface area contributed by atoms with Gasteiger partial charge >= 0.3 is 17.9 Å². The molecule has 9 atom stereocenters. The van der Waals surface area contributed by atoms with Crippen molar-refractivity contribution in [3.05, 3.63) is 11.3 Å². The number of aliphatic carboxylic acids is 1. The van der Waals surface area contributed by atoms with E-state index in [0.29, 0.717) is 41.3 Å². The zero-order chi connectivity index (χ0) is 27.9. The predicted molar refractivity (Wildman–Crippen MR) is 145 cm³/mol. The first kappa shape index (κ1) is 28.5. The maximum Gasteiger partial charge on any atom is 0.306 e. The summed E-state index contributed by atoms with van der Waals surface area (Å²) in [5.74, 6) is 2.94. The molecule has 0 unspecified atom stereocenters. The van der Waals surface area contributed by atoms with Gasteiger partial charge in [0.05, 0.1) is 25.2 Å². The smallest absolute Gasteiger partial charge is 0.306 e. The van der Waals surface area contributed by atoms with Crippen molar-refractivity contribution < 1.29 is 33.7 Å². The van der Waals surface area contributed by atoms with Crippen molar-refractivity contribution in [2.45, 2.75) is 123 Å². The summed E-state index contributed by atoms with van der Waals surface area (Å²) >= 11 is 0. The molecule has 5 aliphatic rings. The fourth-order valence-corrected chi connectivity index (χ4v) is 9.97. The van der Waals surface area contributed by atoms with E-state index in [2.05, 4.69) is 20.8 Å². The van der Waals surface area contributed by atoms with Gasteiger partial charge in [-0.15, -0.1) is 0 Å². The molecule has 0 saturated heterocycles. The number of hydrogen-bond donors (Lipinski definition) is 1. The molecule has 0 aromatic rings. The van der Waals surface area contributed by atoms with Gasteiger partial charge in [0.25, 0.3) is 0 Å². The molecule has 1 aliphatic heterocycles. The largest absolute Gasteiger partial charge is 0.494 e. The topological polar surface area (TPSA) is 99.1 Å². The number of hydrogen-bond acceptors (Lipinski definition) is 6. The van der Waals surface area contributed by atoms with Crippen molar-refractivity contribution >= 4 is 17.9 Å². The first-order chi connectivity index (χ1) is 18.5. The summed E-state index contributed by atoms with van der Waals surface area (Å²) in [6, 6.07) is 0. The Bertz CT molecular complexity index is 1000. The molecule has 4 aliphatic carbocycles. The number of esters is 2. The summed E-state index contributed by atoms with van der Waals surface area (Å²) < 4.78 is 17.5. The Labute approximate surface area is 233 Å².